The van der Waals surface area contributed by atoms with Crippen LogP contribution in [0.25, 0.3) is 11.3 Å². The van der Waals surface area contributed by atoms with Crippen molar-refractivity contribution in [1.82, 2.24) is 20.3 Å². The van der Waals surface area contributed by atoms with Crippen LogP contribution < -0.4 is 5.32 Å². The van der Waals surface area contributed by atoms with Gasteiger partial charge in [0.2, 0.25) is 0 Å². The second-order valence-electron chi connectivity index (χ2n) is 6.75. The predicted molar refractivity (Wildman–Crippen MR) is 121 cm³/mol. The zero-order valence-corrected chi connectivity index (χ0v) is 18.3. The van der Waals surface area contributed by atoms with Gasteiger partial charge in [-0.25, -0.2) is 9.97 Å². The Labute approximate surface area is 183 Å². The van der Waals surface area contributed by atoms with Gasteiger partial charge in [-0.3, -0.25) is 9.78 Å². The largest absolute Gasteiger partial charge is 0.345 e. The molecule has 0 aliphatic rings. The number of thiazole rings is 1. The highest BCUT2D eigenvalue weighted by Crippen LogP contribution is 2.30. The van der Waals surface area contributed by atoms with Crippen LogP contribution in [-0.4, -0.2) is 20.9 Å². The van der Waals surface area contributed by atoms with Crippen molar-refractivity contribution in [2.45, 2.75) is 30.3 Å². The number of pyridine rings is 2. The third kappa shape index (κ3) is 4.75. The van der Waals surface area contributed by atoms with E-state index in [9.17, 15) is 4.79 Å². The summed E-state index contributed by atoms with van der Waals surface area (Å²) >= 11 is 3.02. The Balaban J connectivity index is 1.45. The lowest BCUT2D eigenvalue weighted by molar-refractivity contribution is 0.0947. The number of aryl methyl sites for hydroxylation is 2. The van der Waals surface area contributed by atoms with Crippen LogP contribution in [0.3, 0.4) is 0 Å². The first kappa shape index (κ1) is 20.3. The molecule has 0 radical (unpaired) electrons. The van der Waals surface area contributed by atoms with Crippen LogP contribution in [0.1, 0.15) is 26.5 Å². The van der Waals surface area contributed by atoms with Crippen LogP contribution in [0.15, 0.2) is 76.4 Å². The smallest absolute Gasteiger partial charge is 0.254 e. The van der Waals surface area contributed by atoms with Gasteiger partial charge in [-0.1, -0.05) is 17.8 Å². The molecule has 4 aromatic rings. The van der Waals surface area contributed by atoms with E-state index in [0.717, 1.165) is 21.2 Å². The molecule has 1 aromatic carbocycles. The van der Waals surface area contributed by atoms with Gasteiger partial charge < -0.3 is 5.32 Å². The van der Waals surface area contributed by atoms with E-state index < -0.39 is 0 Å². The monoisotopic (exact) mass is 432 g/mol. The highest BCUT2D eigenvalue weighted by molar-refractivity contribution is 7.99. The average molecular weight is 433 g/mol. The van der Waals surface area contributed by atoms with Gasteiger partial charge in [0, 0.05) is 34.4 Å². The molecule has 0 atom stereocenters. The summed E-state index contributed by atoms with van der Waals surface area (Å²) in [6.45, 7) is 4.54. The highest BCUT2D eigenvalue weighted by Gasteiger charge is 2.14. The molecule has 5 nitrogen and oxygen atoms in total. The molecule has 0 unspecified atom stereocenters. The Morgan fingerprint density at radius 1 is 1.07 bits per heavy atom. The third-order valence-electron chi connectivity index (χ3n) is 4.64. The summed E-state index contributed by atoms with van der Waals surface area (Å²) in [5, 5.41) is 6.50. The van der Waals surface area contributed by atoms with Gasteiger partial charge in [0.1, 0.15) is 10.0 Å². The van der Waals surface area contributed by atoms with Crippen molar-refractivity contribution in [2.75, 3.05) is 0 Å². The first-order valence-electron chi connectivity index (χ1n) is 9.43. The summed E-state index contributed by atoms with van der Waals surface area (Å²) in [4.78, 5) is 27.0. The lowest BCUT2D eigenvalue weighted by atomic mass is 10.1. The van der Waals surface area contributed by atoms with Crippen LogP contribution in [0.2, 0.25) is 0 Å². The van der Waals surface area contributed by atoms with Crippen molar-refractivity contribution in [2.24, 2.45) is 0 Å². The number of aromatic nitrogens is 3. The number of nitrogens with zero attached hydrogens (tertiary/aromatic N) is 3. The van der Waals surface area contributed by atoms with Gasteiger partial charge in [-0.05, 0) is 61.4 Å². The minimum Gasteiger partial charge on any atom is -0.345 e. The topological polar surface area (TPSA) is 67.8 Å². The number of carbonyl (C=O) groups excluding carboxylic acids is 1. The maximum atomic E-state index is 12.8. The van der Waals surface area contributed by atoms with E-state index in [1.54, 1.807) is 30.7 Å². The van der Waals surface area contributed by atoms with Crippen LogP contribution in [0.5, 0.6) is 0 Å². The van der Waals surface area contributed by atoms with Gasteiger partial charge >= 0.3 is 0 Å². The number of benzene rings is 1. The Bertz CT molecular complexity index is 1170. The van der Waals surface area contributed by atoms with E-state index in [1.165, 1.54) is 34.2 Å². The van der Waals surface area contributed by atoms with Gasteiger partial charge in [-0.15, -0.1) is 11.3 Å². The number of amides is 1. The summed E-state index contributed by atoms with van der Waals surface area (Å²) in [6, 6.07) is 13.7. The SMILES string of the molecule is Cc1ccc(Sc2ncccc2C(=O)NCc2nc(-c3ccncc3)cs2)cc1C. The number of carbonyl (C=O) groups is 1. The summed E-state index contributed by atoms with van der Waals surface area (Å²) in [5.41, 5.74) is 4.92. The van der Waals surface area contributed by atoms with Crippen molar-refractivity contribution < 1.29 is 4.79 Å². The number of hydrogen-bond donors (Lipinski definition) is 1. The normalized spacial score (nSPS) is 10.7. The second kappa shape index (κ2) is 9.19. The Kier molecular flexibility index (Phi) is 6.21. The first-order chi connectivity index (χ1) is 14.6. The molecular formula is C23H20N4OS2. The number of rotatable bonds is 6. The van der Waals surface area contributed by atoms with Crippen LogP contribution >= 0.6 is 23.1 Å². The zero-order valence-electron chi connectivity index (χ0n) is 16.6. The molecule has 0 aliphatic carbocycles. The highest BCUT2D eigenvalue weighted by atomic mass is 32.2. The average Bonchev–Trinajstić information content (AvgIpc) is 3.25. The maximum absolute atomic E-state index is 12.8. The van der Waals surface area contributed by atoms with Crippen LogP contribution in [0, 0.1) is 13.8 Å². The van der Waals surface area contributed by atoms with E-state index in [2.05, 4.69) is 52.3 Å². The van der Waals surface area contributed by atoms with Crippen molar-refractivity contribution in [3.8, 4) is 11.3 Å². The van der Waals surface area contributed by atoms with E-state index in [4.69, 9.17) is 0 Å². The quantitative estimate of drug-likeness (QED) is 0.448. The summed E-state index contributed by atoms with van der Waals surface area (Å²) < 4.78 is 0. The van der Waals surface area contributed by atoms with E-state index in [1.807, 2.05) is 17.5 Å². The van der Waals surface area contributed by atoms with Crippen LogP contribution in [0.4, 0.5) is 0 Å². The standard InChI is InChI=1S/C23H20N4OS2/c1-15-5-6-18(12-16(15)2)30-23-19(4-3-9-25-23)22(28)26-13-21-27-20(14-29-21)17-7-10-24-11-8-17/h3-12,14H,13H2,1-2H3,(H,26,28). The molecule has 1 N–H and O–H groups in total. The molecule has 3 heterocycles. The molecule has 0 bridgehead atoms. The molecule has 0 saturated heterocycles. The Morgan fingerprint density at radius 2 is 1.90 bits per heavy atom. The van der Waals surface area contributed by atoms with Crippen LogP contribution in [-0.2, 0) is 6.54 Å². The zero-order chi connectivity index (χ0) is 20.9. The first-order valence-corrected chi connectivity index (χ1v) is 11.1. The van der Waals surface area contributed by atoms with Gasteiger partial charge in [0.05, 0.1) is 17.8 Å². The molecule has 0 aliphatic heterocycles. The summed E-state index contributed by atoms with van der Waals surface area (Å²) in [6.07, 6.45) is 5.20. The molecule has 0 saturated carbocycles. The molecule has 1 amide bonds. The molecule has 3 aromatic heterocycles. The molecular weight excluding hydrogens is 412 g/mol. The Hall–Kier alpha value is -3.03. The molecule has 150 valence electrons. The van der Waals surface area contributed by atoms with Crippen molar-refractivity contribution in [3.05, 3.63) is 88.1 Å². The Morgan fingerprint density at radius 3 is 2.70 bits per heavy atom. The second-order valence-corrected chi connectivity index (χ2v) is 8.75. The predicted octanol–water partition coefficient (Wildman–Crippen LogP) is 5.30. The third-order valence-corrected chi connectivity index (χ3v) is 6.49. The van der Waals surface area contributed by atoms with E-state index >= 15 is 0 Å². The maximum Gasteiger partial charge on any atom is 0.254 e. The van der Waals surface area contributed by atoms with Gasteiger partial charge in [-0.2, -0.15) is 0 Å². The van der Waals surface area contributed by atoms with Gasteiger partial charge in [0.15, 0.2) is 0 Å². The van der Waals surface area contributed by atoms with Gasteiger partial charge in [0.25, 0.3) is 5.91 Å². The fraction of sp³-hybridized carbons (Fsp3) is 0.130. The minimum atomic E-state index is -0.157. The lowest BCUT2D eigenvalue weighted by Crippen LogP contribution is -2.23. The molecule has 4 rings (SSSR count). The molecule has 30 heavy (non-hydrogen) atoms. The molecule has 0 spiro atoms. The number of hydrogen-bond acceptors (Lipinski definition) is 6. The van der Waals surface area contributed by atoms with Crippen molar-refractivity contribution in [1.29, 1.82) is 0 Å². The molecule has 7 heteroatoms. The summed E-state index contributed by atoms with van der Waals surface area (Å²) in [5.74, 6) is -0.157. The number of nitrogens with one attached hydrogen (secondary N) is 1. The lowest BCUT2D eigenvalue weighted by Gasteiger charge is -2.09. The van der Waals surface area contributed by atoms with E-state index in [-0.39, 0.29) is 5.91 Å². The molecule has 0 fully saturated rings. The van der Waals surface area contributed by atoms with Crippen molar-refractivity contribution >= 4 is 29.0 Å². The summed E-state index contributed by atoms with van der Waals surface area (Å²) in [7, 11) is 0. The fourth-order valence-electron chi connectivity index (χ4n) is 2.83. The van der Waals surface area contributed by atoms with E-state index in [0.29, 0.717) is 17.1 Å². The fourth-order valence-corrected chi connectivity index (χ4v) is 4.55. The minimum absolute atomic E-state index is 0.157. The van der Waals surface area contributed by atoms with Crippen molar-refractivity contribution in [3.63, 3.8) is 0 Å².